The number of nitro benzene ring substituents is 1. The minimum Gasteiger partial charge on any atom is -0.484 e. The van der Waals surface area contributed by atoms with Crippen LogP contribution in [0.3, 0.4) is 0 Å². The van der Waals surface area contributed by atoms with Crippen LogP contribution in [0.15, 0.2) is 18.2 Å². The number of ether oxygens (including phenoxy) is 1. The fraction of sp³-hybridized carbons (Fsp3) is 0.235. The van der Waals surface area contributed by atoms with E-state index in [2.05, 4.69) is 4.74 Å². The molecule has 0 aliphatic heterocycles. The second kappa shape index (κ2) is 8.78. The van der Waals surface area contributed by atoms with Gasteiger partial charge in [0.15, 0.2) is 23.0 Å². The Morgan fingerprint density at radius 3 is 2.16 bits per heavy atom. The van der Waals surface area contributed by atoms with Gasteiger partial charge in [0.1, 0.15) is 17.2 Å². The molecule has 0 radical (unpaired) electrons. The van der Waals surface area contributed by atoms with E-state index >= 15 is 0 Å². The molecular weight excluding hydrogens is 481 g/mol. The van der Waals surface area contributed by atoms with Gasteiger partial charge in [-0.2, -0.15) is 22.0 Å². The van der Waals surface area contributed by atoms with Crippen molar-refractivity contribution in [1.82, 2.24) is 0 Å². The summed E-state index contributed by atoms with van der Waals surface area (Å²) in [5, 5.41) is 21.2. The zero-order valence-corrected chi connectivity index (χ0v) is 16.2. The van der Waals surface area contributed by atoms with Crippen LogP contribution >= 0.6 is 11.6 Å². The topological polar surface area (TPSA) is 102 Å². The Balaban J connectivity index is 2.25. The van der Waals surface area contributed by atoms with Crippen molar-refractivity contribution in [3.8, 4) is 5.75 Å². The number of carbonyl (C=O) groups excluding carboxylic acids is 1. The summed E-state index contributed by atoms with van der Waals surface area (Å²) in [6.45, 7) is -0.608. The number of rotatable bonds is 6. The molecule has 0 heterocycles. The molecule has 0 aromatic heterocycles. The maximum atomic E-state index is 13.8. The van der Waals surface area contributed by atoms with Gasteiger partial charge in [-0.1, -0.05) is 11.6 Å². The number of nitrogens with one attached hydrogen (secondary N) is 1. The molecule has 32 heavy (non-hydrogen) atoms. The van der Waals surface area contributed by atoms with Gasteiger partial charge >= 0.3 is 6.18 Å². The van der Waals surface area contributed by atoms with Gasteiger partial charge in [0.25, 0.3) is 11.6 Å². The van der Waals surface area contributed by atoms with Gasteiger partial charge < -0.3 is 15.2 Å². The van der Waals surface area contributed by atoms with Gasteiger partial charge in [0.2, 0.25) is 11.6 Å². The summed E-state index contributed by atoms with van der Waals surface area (Å²) in [5.74, 6) is -11.3. The third-order valence-corrected chi connectivity index (χ3v) is 4.24. The van der Waals surface area contributed by atoms with E-state index in [1.165, 1.54) is 0 Å². The van der Waals surface area contributed by atoms with Crippen molar-refractivity contribution in [2.24, 2.45) is 0 Å². The number of alkyl halides is 3. The Bertz CT molecular complexity index is 1060. The van der Waals surface area contributed by atoms with Gasteiger partial charge in [-0.15, -0.1) is 0 Å². The molecule has 2 aromatic carbocycles. The van der Waals surface area contributed by atoms with E-state index in [1.807, 2.05) is 5.32 Å². The smallest absolute Gasteiger partial charge is 0.423 e. The van der Waals surface area contributed by atoms with Gasteiger partial charge in [0.05, 0.1) is 4.92 Å². The highest BCUT2D eigenvalue weighted by atomic mass is 35.5. The minimum absolute atomic E-state index is 0.219. The summed E-state index contributed by atoms with van der Waals surface area (Å²) >= 11 is 5.05. The van der Waals surface area contributed by atoms with E-state index in [0.717, 1.165) is 6.07 Å². The van der Waals surface area contributed by atoms with Crippen molar-refractivity contribution in [3.05, 3.63) is 62.2 Å². The molecule has 0 fully saturated rings. The number of benzene rings is 2. The fourth-order valence-corrected chi connectivity index (χ4v) is 2.42. The van der Waals surface area contributed by atoms with Gasteiger partial charge in [-0.25, -0.2) is 8.78 Å². The molecule has 0 aliphatic rings. The highest BCUT2D eigenvalue weighted by Gasteiger charge is 2.39. The Hall–Kier alpha value is -3.13. The van der Waals surface area contributed by atoms with E-state index < -0.39 is 80.2 Å². The van der Waals surface area contributed by atoms with E-state index in [-0.39, 0.29) is 6.07 Å². The number of anilines is 1. The first-order valence-corrected chi connectivity index (χ1v) is 8.49. The van der Waals surface area contributed by atoms with Gasteiger partial charge in [0, 0.05) is 11.8 Å². The summed E-state index contributed by atoms with van der Waals surface area (Å²) in [7, 11) is 0. The lowest BCUT2D eigenvalue weighted by molar-refractivity contribution is -0.388. The molecule has 7 nitrogen and oxygen atoms in total. The number of halogens is 8. The SMILES string of the molecule is CC(O)(COc1c(F)c(F)c(Cl)c(F)c1F)C(=O)Nc1ccc([N+](=O)[O-])c(C(F)(F)F)c1. The Kier molecular flexibility index (Phi) is 6.90. The third kappa shape index (κ3) is 5.02. The third-order valence-electron chi connectivity index (χ3n) is 3.91. The van der Waals surface area contributed by atoms with Crippen LogP contribution in [0.25, 0.3) is 0 Å². The lowest BCUT2D eigenvalue weighted by atomic mass is 10.1. The standard InChI is InChI=1S/C17H10ClF7N2O5/c1-16(29,5-32-14-12(21)10(19)9(18)11(20)13(14)22)15(28)26-6-2-3-8(27(30)31)7(4-6)17(23,24)25/h2-4,29H,5H2,1H3,(H,26,28). The summed E-state index contributed by atoms with van der Waals surface area (Å²) < 4.78 is 97.9. The van der Waals surface area contributed by atoms with Crippen LogP contribution < -0.4 is 10.1 Å². The largest absolute Gasteiger partial charge is 0.484 e. The van der Waals surface area contributed by atoms with E-state index in [4.69, 9.17) is 11.6 Å². The number of carbonyl (C=O) groups is 1. The first kappa shape index (κ1) is 25.1. The molecule has 2 rings (SSSR count). The highest BCUT2D eigenvalue weighted by molar-refractivity contribution is 6.30. The zero-order chi connectivity index (χ0) is 24.6. The second-order valence-electron chi connectivity index (χ2n) is 6.40. The van der Waals surface area contributed by atoms with Crippen LogP contribution in [0, 0.1) is 33.4 Å². The molecular formula is C17H10ClF7N2O5. The van der Waals surface area contributed by atoms with Crippen molar-refractivity contribution < 1.29 is 50.3 Å². The fourth-order valence-electron chi connectivity index (χ4n) is 2.26. The second-order valence-corrected chi connectivity index (χ2v) is 6.78. The lowest BCUT2D eigenvalue weighted by Crippen LogP contribution is -2.45. The molecule has 2 N–H and O–H groups in total. The van der Waals surface area contributed by atoms with Gasteiger partial charge in [-0.05, 0) is 19.1 Å². The van der Waals surface area contributed by atoms with Crippen LogP contribution in [0.2, 0.25) is 5.02 Å². The van der Waals surface area contributed by atoms with E-state index in [0.29, 0.717) is 13.0 Å². The van der Waals surface area contributed by atoms with Crippen molar-refractivity contribution in [2.75, 3.05) is 11.9 Å². The summed E-state index contributed by atoms with van der Waals surface area (Å²) in [4.78, 5) is 21.6. The number of hydrogen-bond acceptors (Lipinski definition) is 5. The number of nitrogens with zero attached hydrogens (tertiary/aromatic N) is 1. The quantitative estimate of drug-likeness (QED) is 0.203. The molecule has 2 aromatic rings. The van der Waals surface area contributed by atoms with Crippen molar-refractivity contribution >= 4 is 28.9 Å². The van der Waals surface area contributed by atoms with Crippen LogP contribution in [0.4, 0.5) is 42.1 Å². The van der Waals surface area contributed by atoms with Crippen LogP contribution in [-0.4, -0.2) is 28.1 Å². The zero-order valence-electron chi connectivity index (χ0n) is 15.5. The summed E-state index contributed by atoms with van der Waals surface area (Å²) in [6.07, 6.45) is -5.16. The molecule has 0 spiro atoms. The summed E-state index contributed by atoms with van der Waals surface area (Å²) in [5.41, 5.74) is -6.34. The predicted octanol–water partition coefficient (Wildman–Crippen LogP) is 4.59. The molecule has 15 heteroatoms. The average molecular weight is 491 g/mol. The Morgan fingerprint density at radius 2 is 1.69 bits per heavy atom. The molecule has 174 valence electrons. The lowest BCUT2D eigenvalue weighted by Gasteiger charge is -2.23. The summed E-state index contributed by atoms with van der Waals surface area (Å²) in [6, 6.07) is 1.40. The number of nitro groups is 1. The maximum Gasteiger partial charge on any atom is 0.423 e. The minimum atomic E-state index is -5.16. The molecule has 0 saturated carbocycles. The highest BCUT2D eigenvalue weighted by Crippen LogP contribution is 2.38. The molecule has 1 amide bonds. The molecule has 1 atom stereocenters. The van der Waals surface area contributed by atoms with Gasteiger partial charge in [-0.3, -0.25) is 14.9 Å². The maximum absolute atomic E-state index is 13.8. The molecule has 0 bridgehead atoms. The average Bonchev–Trinajstić information content (AvgIpc) is 2.69. The predicted molar refractivity (Wildman–Crippen MR) is 94.1 cm³/mol. The molecule has 0 saturated heterocycles. The Labute approximate surface area is 178 Å². The van der Waals surface area contributed by atoms with Crippen molar-refractivity contribution in [1.29, 1.82) is 0 Å². The van der Waals surface area contributed by atoms with Crippen LogP contribution in [-0.2, 0) is 11.0 Å². The van der Waals surface area contributed by atoms with Crippen molar-refractivity contribution in [2.45, 2.75) is 18.7 Å². The molecule has 1 unspecified atom stereocenters. The first-order valence-electron chi connectivity index (χ1n) is 8.11. The number of amides is 1. The van der Waals surface area contributed by atoms with E-state index in [1.54, 1.807) is 0 Å². The monoisotopic (exact) mass is 490 g/mol. The van der Waals surface area contributed by atoms with E-state index in [9.17, 15) is 50.7 Å². The van der Waals surface area contributed by atoms with Crippen LogP contribution in [0.5, 0.6) is 5.75 Å². The normalized spacial score (nSPS) is 13.4. The van der Waals surface area contributed by atoms with Crippen LogP contribution in [0.1, 0.15) is 12.5 Å². The molecule has 0 aliphatic carbocycles. The van der Waals surface area contributed by atoms with Crippen molar-refractivity contribution in [3.63, 3.8) is 0 Å². The first-order chi connectivity index (χ1) is 14.6. The number of hydrogen-bond donors (Lipinski definition) is 2. The Morgan fingerprint density at radius 1 is 1.16 bits per heavy atom. The number of aliphatic hydroxyl groups is 1.